The molecule has 0 amide bonds. The van der Waals surface area contributed by atoms with E-state index in [9.17, 15) is 0 Å². The molecular formula is C14H25NSSn. The summed E-state index contributed by atoms with van der Waals surface area (Å²) < 4.78 is 2.97. The van der Waals surface area contributed by atoms with Crippen molar-refractivity contribution in [3.8, 4) is 0 Å². The van der Waals surface area contributed by atoms with Crippen molar-refractivity contribution in [2.24, 2.45) is 0 Å². The first-order valence-electron chi connectivity index (χ1n) is 6.62. The molecule has 0 radical (unpaired) electrons. The fraction of sp³-hybridized carbons (Fsp3) is 0.571. The zero-order valence-electron chi connectivity index (χ0n) is 11.3. The molecule has 0 saturated heterocycles. The van der Waals surface area contributed by atoms with Gasteiger partial charge in [0, 0.05) is 0 Å². The summed E-state index contributed by atoms with van der Waals surface area (Å²) in [7, 11) is 4.38. The maximum absolute atomic E-state index is 3.36. The Balaban J connectivity index is 2.65. The third-order valence-electron chi connectivity index (χ3n) is 3.13. The van der Waals surface area contributed by atoms with Crippen molar-refractivity contribution in [1.29, 1.82) is 0 Å². The van der Waals surface area contributed by atoms with Crippen LogP contribution in [0.4, 0.5) is 0 Å². The van der Waals surface area contributed by atoms with Gasteiger partial charge in [0.1, 0.15) is 0 Å². The predicted molar refractivity (Wildman–Crippen MR) is 83.7 cm³/mol. The summed E-state index contributed by atoms with van der Waals surface area (Å²) in [5.74, 6) is 2.05. The first-order valence-corrected chi connectivity index (χ1v) is 16.4. The standard InChI is InChI=1S/C10H14N.C2H6S.C2H5.Sn.H/c1-9(8-11-2)10-6-4-3-5-7-10;1-2-3;1-2;;/h3-7,9,11H,1,8H2,2H3;3H,2H2,1H3;1H2,2H3;;/q;;;+1;/p-1. The molecule has 0 aliphatic heterocycles. The SMILES string of the molecule is CC[S][SnH]([CH2]C)[CH2]C(CNC)c1ccccc1. The summed E-state index contributed by atoms with van der Waals surface area (Å²) in [5.41, 5.74) is 1.52. The second-order valence-corrected chi connectivity index (χ2v) is 19.8. The van der Waals surface area contributed by atoms with E-state index in [-0.39, 0.29) is 0 Å². The average Bonchev–Trinajstić information content (AvgIpc) is 2.38. The Morgan fingerprint density at radius 3 is 2.47 bits per heavy atom. The van der Waals surface area contributed by atoms with Gasteiger partial charge in [0.15, 0.2) is 0 Å². The van der Waals surface area contributed by atoms with Gasteiger partial charge < -0.3 is 0 Å². The van der Waals surface area contributed by atoms with Gasteiger partial charge in [0.25, 0.3) is 0 Å². The van der Waals surface area contributed by atoms with Crippen molar-refractivity contribution in [2.45, 2.75) is 28.6 Å². The summed E-state index contributed by atoms with van der Waals surface area (Å²) in [5, 5.41) is 3.36. The summed E-state index contributed by atoms with van der Waals surface area (Å²) in [6.45, 7) is 5.83. The molecule has 0 fully saturated rings. The molecule has 0 aromatic heterocycles. The van der Waals surface area contributed by atoms with E-state index in [1.165, 1.54) is 20.2 Å². The van der Waals surface area contributed by atoms with E-state index in [2.05, 4.69) is 65.5 Å². The fourth-order valence-electron chi connectivity index (χ4n) is 2.21. The fourth-order valence-corrected chi connectivity index (χ4v) is 15.9. The molecule has 0 aliphatic carbocycles. The molecule has 1 aromatic rings. The second kappa shape index (κ2) is 9.28. The van der Waals surface area contributed by atoms with Gasteiger partial charge in [-0.05, 0) is 0 Å². The van der Waals surface area contributed by atoms with Crippen LogP contribution in [-0.2, 0) is 0 Å². The number of hydrogen-bond acceptors (Lipinski definition) is 2. The van der Waals surface area contributed by atoms with Crippen LogP contribution in [0.15, 0.2) is 30.3 Å². The molecule has 0 bridgehead atoms. The quantitative estimate of drug-likeness (QED) is 0.715. The Morgan fingerprint density at radius 2 is 1.94 bits per heavy atom. The normalized spacial score (nSPS) is 14.5. The zero-order chi connectivity index (χ0) is 12.5. The van der Waals surface area contributed by atoms with Crippen molar-refractivity contribution in [1.82, 2.24) is 5.32 Å². The molecule has 0 heterocycles. The molecular weight excluding hydrogens is 333 g/mol. The summed E-state index contributed by atoms with van der Waals surface area (Å²) >= 11 is -1.31. The van der Waals surface area contributed by atoms with Crippen molar-refractivity contribution >= 4 is 27.3 Å². The van der Waals surface area contributed by atoms with Crippen LogP contribution < -0.4 is 5.32 Å². The Kier molecular flexibility index (Phi) is 8.40. The van der Waals surface area contributed by atoms with Crippen LogP contribution in [0, 0.1) is 0 Å². The Bertz CT molecular complexity index is 292. The van der Waals surface area contributed by atoms with Gasteiger partial charge in [-0.1, -0.05) is 0 Å². The van der Waals surface area contributed by atoms with Crippen molar-refractivity contribution in [3.05, 3.63) is 35.9 Å². The molecule has 1 N–H and O–H groups in total. The number of nitrogens with one attached hydrogen (secondary N) is 1. The van der Waals surface area contributed by atoms with E-state index in [4.69, 9.17) is 0 Å². The van der Waals surface area contributed by atoms with Crippen LogP contribution in [0.3, 0.4) is 0 Å². The van der Waals surface area contributed by atoms with E-state index < -0.39 is 18.4 Å². The van der Waals surface area contributed by atoms with Crippen LogP contribution in [0.25, 0.3) is 0 Å². The van der Waals surface area contributed by atoms with Crippen LogP contribution in [0.5, 0.6) is 0 Å². The van der Waals surface area contributed by atoms with E-state index in [0.717, 1.165) is 12.5 Å². The molecule has 0 saturated carbocycles. The zero-order valence-corrected chi connectivity index (χ0v) is 15.4. The van der Waals surface area contributed by atoms with Crippen LogP contribution in [0.1, 0.15) is 25.3 Å². The predicted octanol–water partition coefficient (Wildman–Crippen LogP) is 3.49. The molecule has 96 valence electrons. The average molecular weight is 358 g/mol. The minimum atomic E-state index is -1.31. The molecule has 17 heavy (non-hydrogen) atoms. The molecule has 0 aliphatic rings. The van der Waals surface area contributed by atoms with Crippen molar-refractivity contribution < 1.29 is 0 Å². The minimum absolute atomic E-state index is 0.737. The van der Waals surface area contributed by atoms with Crippen molar-refractivity contribution in [2.75, 3.05) is 19.3 Å². The van der Waals surface area contributed by atoms with Crippen LogP contribution >= 0.6 is 8.95 Å². The topological polar surface area (TPSA) is 12.0 Å². The third-order valence-corrected chi connectivity index (χ3v) is 20.1. The summed E-state index contributed by atoms with van der Waals surface area (Å²) in [4.78, 5) is 0. The van der Waals surface area contributed by atoms with Gasteiger partial charge in [-0.25, -0.2) is 0 Å². The third kappa shape index (κ3) is 5.66. The second-order valence-electron chi connectivity index (χ2n) is 4.39. The van der Waals surface area contributed by atoms with Gasteiger partial charge in [0.05, 0.1) is 0 Å². The number of rotatable bonds is 8. The molecule has 3 heteroatoms. The van der Waals surface area contributed by atoms with Crippen LogP contribution in [-0.4, -0.2) is 37.7 Å². The molecule has 0 spiro atoms. The molecule has 1 nitrogen and oxygen atoms in total. The van der Waals surface area contributed by atoms with Crippen molar-refractivity contribution in [3.63, 3.8) is 0 Å². The van der Waals surface area contributed by atoms with Gasteiger partial charge >= 0.3 is 117 Å². The van der Waals surface area contributed by atoms with E-state index >= 15 is 0 Å². The van der Waals surface area contributed by atoms with E-state index in [1.54, 1.807) is 0 Å². The van der Waals surface area contributed by atoms with Crippen LogP contribution in [0.2, 0.25) is 8.87 Å². The number of hydrogen-bond donors (Lipinski definition) is 1. The molecule has 1 rings (SSSR count). The van der Waals surface area contributed by atoms with E-state index in [1.807, 2.05) is 0 Å². The Morgan fingerprint density at radius 1 is 1.24 bits per heavy atom. The van der Waals surface area contributed by atoms with Gasteiger partial charge in [-0.2, -0.15) is 0 Å². The summed E-state index contributed by atoms with van der Waals surface area (Å²) in [6, 6.07) is 11.0. The number of benzene rings is 1. The monoisotopic (exact) mass is 359 g/mol. The molecule has 1 aromatic carbocycles. The van der Waals surface area contributed by atoms with Gasteiger partial charge in [-0.15, -0.1) is 0 Å². The summed E-state index contributed by atoms with van der Waals surface area (Å²) in [6.07, 6.45) is 0. The number of likely N-dealkylation sites (N-methyl/N-ethyl adjacent to an activating group) is 1. The van der Waals surface area contributed by atoms with E-state index in [0.29, 0.717) is 0 Å². The molecule has 2 unspecified atom stereocenters. The first-order chi connectivity index (χ1) is 8.31. The molecule has 2 atom stereocenters. The Hall–Kier alpha value is 0.329. The first kappa shape index (κ1) is 15.4. The Labute approximate surface area is 116 Å². The maximum atomic E-state index is 3.36. The van der Waals surface area contributed by atoms with Gasteiger partial charge in [0.2, 0.25) is 0 Å². The van der Waals surface area contributed by atoms with Gasteiger partial charge in [-0.3, -0.25) is 0 Å².